The van der Waals surface area contributed by atoms with Gasteiger partial charge in [0.05, 0.1) is 6.10 Å². The molecule has 0 bridgehead atoms. The number of nitrogens with one attached hydrogen (secondary N) is 8. The van der Waals surface area contributed by atoms with Crippen LogP contribution in [0.2, 0.25) is 0 Å². The number of fused-ring (bicyclic) bond motifs is 2. The summed E-state index contributed by atoms with van der Waals surface area (Å²) in [5.74, 6) is 0.756. The zero-order chi connectivity index (χ0) is 110. The summed E-state index contributed by atoms with van der Waals surface area (Å²) < 4.78 is 5.31. The lowest BCUT2D eigenvalue weighted by Gasteiger charge is -2.47. The molecule has 0 amide bonds. The average molecular weight is 2090 g/mol. The number of methoxy groups -OCH3 is 1. The van der Waals surface area contributed by atoms with Gasteiger partial charge in [-0.25, -0.2) is 0 Å². The summed E-state index contributed by atoms with van der Waals surface area (Å²) in [5, 5.41) is 27.9. The van der Waals surface area contributed by atoms with E-state index in [2.05, 4.69) is 380 Å². The van der Waals surface area contributed by atoms with Gasteiger partial charge in [0.2, 0.25) is 0 Å². The first-order chi connectivity index (χ1) is 70.0. The van der Waals surface area contributed by atoms with E-state index in [0.29, 0.717) is 83.1 Å². The molecule has 17 heterocycles. The third-order valence-corrected chi connectivity index (χ3v) is 36.0. The Morgan fingerprint density at radius 1 is 0.284 bits per heavy atom. The summed E-state index contributed by atoms with van der Waals surface area (Å²) >= 11 is 0. The predicted octanol–water partition coefficient (Wildman–Crippen LogP) is 13.2. The molecule has 0 aromatic heterocycles. The summed E-state index contributed by atoms with van der Waals surface area (Å²) in [5.41, 5.74) is 1.37. The van der Waals surface area contributed by atoms with E-state index in [9.17, 15) is 0 Å². The highest BCUT2D eigenvalue weighted by atomic mass is 16.5. The van der Waals surface area contributed by atoms with Crippen LogP contribution in [0.3, 0.4) is 0 Å². The van der Waals surface area contributed by atoms with Gasteiger partial charge in [-0.05, 0) is 370 Å². The summed E-state index contributed by atoms with van der Waals surface area (Å²) in [6.07, 6.45) is 18.5. The fraction of sp³-hybridized carbons (Fsp3) is 1.00. The number of hydrogen-bond acceptors (Lipinski definition) is 27. The van der Waals surface area contributed by atoms with Crippen LogP contribution in [0, 0.1) is 5.92 Å². The lowest BCUT2D eigenvalue weighted by atomic mass is 9.95. The third-order valence-electron chi connectivity index (χ3n) is 36.0. The fourth-order valence-electron chi connectivity index (χ4n) is 24.6. The lowest BCUT2D eigenvalue weighted by molar-refractivity contribution is -0.0630. The van der Waals surface area contributed by atoms with Crippen molar-refractivity contribution in [2.75, 3.05) is 309 Å². The van der Waals surface area contributed by atoms with Gasteiger partial charge in [0, 0.05) is 393 Å². The highest BCUT2D eigenvalue weighted by Gasteiger charge is 2.46. The van der Waals surface area contributed by atoms with Crippen LogP contribution in [0.1, 0.15) is 326 Å². The normalized spacial score (nSPS) is 29.0. The minimum Gasteiger partial charge on any atom is -0.379 e. The number of likely N-dealkylation sites (N-methyl/N-ethyl adjacent to an activating group) is 1. The molecule has 1 aliphatic carbocycles. The van der Waals surface area contributed by atoms with E-state index in [1.165, 1.54) is 319 Å². The van der Waals surface area contributed by atoms with Crippen molar-refractivity contribution in [2.45, 2.75) is 475 Å². The van der Waals surface area contributed by atoms with Crippen LogP contribution in [0.5, 0.6) is 0 Å². The molecule has 18 fully saturated rings. The van der Waals surface area contributed by atoms with Gasteiger partial charge in [0.15, 0.2) is 0 Å². The van der Waals surface area contributed by atoms with E-state index in [-0.39, 0.29) is 0 Å². The van der Waals surface area contributed by atoms with Crippen LogP contribution in [0.25, 0.3) is 0 Å². The van der Waals surface area contributed by atoms with E-state index in [1.807, 2.05) is 7.11 Å². The number of rotatable bonds is 18. The van der Waals surface area contributed by atoms with Crippen LogP contribution in [-0.2, 0) is 4.74 Å². The molecule has 8 atom stereocenters. The minimum atomic E-state index is 0.308. The first-order valence-corrected chi connectivity index (χ1v) is 62.7. The van der Waals surface area contributed by atoms with E-state index >= 15 is 0 Å². The molecule has 878 valence electrons. The molecule has 1 spiro atoms. The molecule has 17 aliphatic heterocycles. The van der Waals surface area contributed by atoms with Crippen molar-refractivity contribution >= 4 is 0 Å². The Kier molecular flexibility index (Phi) is 65.6. The maximum atomic E-state index is 5.31. The molecule has 17 saturated heterocycles. The van der Waals surface area contributed by atoms with Gasteiger partial charge in [-0.3, -0.25) is 78.4 Å². The quantitative estimate of drug-likeness (QED) is 0.0653. The molecular formula is C121H258N26O. The van der Waals surface area contributed by atoms with Gasteiger partial charge in [-0.2, -0.15) is 0 Å². The first kappa shape index (κ1) is 136. The van der Waals surface area contributed by atoms with Crippen LogP contribution >= 0.6 is 0 Å². The standard InChI is InChI=1S/C12H24N2O.2C11H22N2.C10H20N2.C10H22N2.C9H18N2.3C9H20N2.3C8H18N2.C7H16N2/c1-10(2)13-6-4-11(5-7-13)14-8-12(9-14)15-3;1-10(2)12-7-8-13-6-4-5-11(13,3)9-12;1-10(2)13-8-5-11(9-13)12-6-3-4-7-12;1-9(2)12-7-6-11-5-3-4-10(11)8-12;1-8(2)10-7-12(9(3)4)6-5-11-10;1-8(2)11-6-5-10-9(7-11)3-4-9;1-7(2)11-5-8(3)10-9(4)6-11;1-8(2)11-6-5-10-9(3,4)7-11;1-4-9-7-11(8(2)3)6-5-10-9;1-8(2)10-6-4-9(3)5-7-10;1-7(2)10-5-4-9-8(3)6-10;1-8(2)10-6-3-4-9-5-7-10;1-7(2)9-5-3-8-4-6-9/h10-12H,4-9H2,1-3H3;10H,4-9H2,1-3H3;10-11H,3-9H2,1-2H3;9-10H,3-8H2,1-2H3;8-11H,5-7H2,1-4H3;8,10H,3-7H2,1-2H3;7-10H,5-6H2,1-4H3;8,10H,5-7H2,1-4H3;8-10H,4-7H2,1-3H3;8H,4-7H2,1-3H3;7-9H,4-6H2,1-3H3;8-9H,3-7H2,1-2H3;7-8H,3-6H2,1-2H3. The number of piperazine rings is 10. The monoisotopic (exact) mass is 2090 g/mol. The number of hydrogen-bond donors (Lipinski definition) is 8. The van der Waals surface area contributed by atoms with Gasteiger partial charge < -0.3 is 57.1 Å². The number of piperidine rings is 1. The Labute approximate surface area is 920 Å². The van der Waals surface area contributed by atoms with Crippen molar-refractivity contribution in [1.29, 1.82) is 0 Å². The number of likely N-dealkylation sites (tertiary alicyclic amines) is 4. The maximum Gasteiger partial charge on any atom is 0.0825 e. The van der Waals surface area contributed by atoms with Crippen molar-refractivity contribution < 1.29 is 4.74 Å². The average Bonchev–Trinajstić information content (AvgIpc) is 1.63. The van der Waals surface area contributed by atoms with Gasteiger partial charge in [0.1, 0.15) is 0 Å². The molecule has 27 nitrogen and oxygen atoms in total. The smallest absolute Gasteiger partial charge is 0.0825 e. The predicted molar refractivity (Wildman–Crippen MR) is 644 cm³/mol. The van der Waals surface area contributed by atoms with E-state index < -0.39 is 0 Å². The Bertz CT molecular complexity index is 3160. The summed E-state index contributed by atoms with van der Waals surface area (Å²) in [6.45, 7) is 135. The molecule has 8 N–H and O–H groups in total. The first-order valence-electron chi connectivity index (χ1n) is 62.7. The molecule has 0 radical (unpaired) electrons. The highest BCUT2D eigenvalue weighted by Crippen LogP contribution is 2.38. The van der Waals surface area contributed by atoms with Crippen molar-refractivity contribution in [3.05, 3.63) is 0 Å². The van der Waals surface area contributed by atoms with Crippen LogP contribution in [0.15, 0.2) is 0 Å². The maximum absolute atomic E-state index is 5.31. The molecule has 18 rings (SSSR count). The summed E-state index contributed by atoms with van der Waals surface area (Å²) in [7, 11) is 4.01. The Hall–Kier alpha value is -1.08. The fourth-order valence-corrected chi connectivity index (χ4v) is 24.6. The van der Waals surface area contributed by atoms with Crippen LogP contribution < -0.4 is 42.5 Å². The molecule has 0 aromatic rings. The molecule has 8 unspecified atom stereocenters. The SMILES string of the molecule is CC(C)C1CN(C(C)C)CCN1.CC(C)N1CCC(N2CCCC2)C1.CC(C)N1CCCNCC1.CC(C)N1CCN(C)CC1.CC(C)N1CCN2CCCC2(C)C1.CC(C)N1CCN2CCCC2C1.CC(C)N1CCNC(C)(C)C1.CC(C)N1CCNC2(CC2)C1.CC(C)N1CCNCC1.CC1CN(C(C)C)CC(C)N1.CC1CN(C(C)C)CCN1.CCC1CN(C(C)C)CCN1.COC1CN(C2CCN(C(C)C)CC2)C1. The van der Waals surface area contributed by atoms with Gasteiger partial charge in [-0.1, -0.05) is 20.8 Å². The molecule has 148 heavy (non-hydrogen) atoms. The van der Waals surface area contributed by atoms with E-state index in [1.54, 1.807) is 0 Å². The molecule has 27 heteroatoms. The second-order valence-corrected chi connectivity index (χ2v) is 53.2. The van der Waals surface area contributed by atoms with Gasteiger partial charge in [0.25, 0.3) is 0 Å². The number of nitrogens with zero attached hydrogens (tertiary/aromatic N) is 18. The van der Waals surface area contributed by atoms with Gasteiger partial charge >= 0.3 is 0 Å². The van der Waals surface area contributed by atoms with Crippen LogP contribution in [0.4, 0.5) is 0 Å². The van der Waals surface area contributed by atoms with E-state index in [0.717, 1.165) is 131 Å². The number of ether oxygens (including phenoxy) is 1. The Balaban J connectivity index is 0.000000245. The minimum absolute atomic E-state index is 0.308. The van der Waals surface area contributed by atoms with E-state index in [4.69, 9.17) is 4.74 Å². The third kappa shape index (κ3) is 51.7. The topological polar surface area (TPSA) is 164 Å². The van der Waals surface area contributed by atoms with Crippen molar-refractivity contribution in [3.8, 4) is 0 Å². The van der Waals surface area contributed by atoms with Crippen molar-refractivity contribution in [2.24, 2.45) is 5.92 Å². The Morgan fingerprint density at radius 3 is 1.16 bits per heavy atom. The second kappa shape index (κ2) is 71.6. The largest absolute Gasteiger partial charge is 0.379 e. The zero-order valence-corrected chi connectivity index (χ0v) is 105. The Morgan fingerprint density at radius 2 is 0.676 bits per heavy atom. The van der Waals surface area contributed by atoms with Crippen LogP contribution in [-0.4, -0.2) is 546 Å². The second-order valence-electron chi connectivity index (χ2n) is 53.2. The zero-order valence-electron chi connectivity index (χ0n) is 105. The molecule has 0 aromatic carbocycles. The van der Waals surface area contributed by atoms with Crippen molar-refractivity contribution in [1.82, 2.24) is 131 Å². The highest BCUT2D eigenvalue weighted by molar-refractivity contribution is 5.07. The molecule has 18 aliphatic rings. The van der Waals surface area contributed by atoms with Gasteiger partial charge in [-0.15, -0.1) is 0 Å². The summed E-state index contributed by atoms with van der Waals surface area (Å²) in [6, 6.07) is 15.4. The lowest BCUT2D eigenvalue weighted by Crippen LogP contribution is -2.58. The molecular weight excluding hydrogens is 1830 g/mol. The molecule has 1 saturated carbocycles. The van der Waals surface area contributed by atoms with Crippen molar-refractivity contribution in [3.63, 3.8) is 0 Å². The summed E-state index contributed by atoms with van der Waals surface area (Å²) in [4.78, 5) is 46.3.